The van der Waals surface area contributed by atoms with Crippen molar-refractivity contribution in [1.29, 1.82) is 0 Å². The lowest BCUT2D eigenvalue weighted by Gasteiger charge is -2.31. The van der Waals surface area contributed by atoms with Crippen molar-refractivity contribution >= 4 is 23.2 Å². The summed E-state index contributed by atoms with van der Waals surface area (Å²) in [5.74, 6) is 0.843. The molecule has 1 atom stereocenters. The molecule has 1 aromatic carbocycles. The van der Waals surface area contributed by atoms with Gasteiger partial charge in [0.15, 0.2) is 5.78 Å². The molecule has 6 heteroatoms. The largest absolute Gasteiger partial charge is 0.492 e. The summed E-state index contributed by atoms with van der Waals surface area (Å²) in [6.45, 7) is 2.04. The minimum atomic E-state index is -0.125. The average molecular weight is 358 g/mol. The van der Waals surface area contributed by atoms with E-state index in [0.29, 0.717) is 26.2 Å². The number of carbonyl (C=O) groups is 2. The summed E-state index contributed by atoms with van der Waals surface area (Å²) in [6, 6.07) is 13.1. The van der Waals surface area contributed by atoms with Crippen LogP contribution in [0, 0.1) is 5.92 Å². The van der Waals surface area contributed by atoms with Crippen molar-refractivity contribution < 1.29 is 14.3 Å². The molecule has 25 heavy (non-hydrogen) atoms. The quantitative estimate of drug-likeness (QED) is 0.636. The summed E-state index contributed by atoms with van der Waals surface area (Å²) in [6.07, 6.45) is 1.70. The first-order valence-electron chi connectivity index (χ1n) is 8.52. The zero-order valence-electron chi connectivity index (χ0n) is 14.0. The maximum absolute atomic E-state index is 12.5. The third-order valence-electron chi connectivity index (χ3n) is 4.23. The number of piperidine rings is 1. The van der Waals surface area contributed by atoms with E-state index in [4.69, 9.17) is 4.74 Å². The summed E-state index contributed by atoms with van der Waals surface area (Å²) in [7, 11) is 0. The summed E-state index contributed by atoms with van der Waals surface area (Å²) in [5, 5.41) is 4.78. The first kappa shape index (κ1) is 17.5. The molecule has 1 N–H and O–H groups in total. The third kappa shape index (κ3) is 4.82. The highest BCUT2D eigenvalue weighted by Gasteiger charge is 2.29. The lowest BCUT2D eigenvalue weighted by molar-refractivity contribution is 0.0849. The second kappa shape index (κ2) is 8.67. The summed E-state index contributed by atoms with van der Waals surface area (Å²) >= 11 is 1.46. The summed E-state index contributed by atoms with van der Waals surface area (Å²) in [4.78, 5) is 27.3. The van der Waals surface area contributed by atoms with E-state index in [-0.39, 0.29) is 17.7 Å². The van der Waals surface area contributed by atoms with Crippen molar-refractivity contribution in [2.75, 3.05) is 26.2 Å². The number of likely N-dealkylation sites (tertiary alicyclic amines) is 1. The number of carbonyl (C=O) groups excluding carboxylic acids is 2. The molecule has 3 rings (SSSR count). The molecule has 2 amide bonds. The molecule has 1 aliphatic heterocycles. The van der Waals surface area contributed by atoms with Gasteiger partial charge < -0.3 is 15.0 Å². The molecule has 5 nitrogen and oxygen atoms in total. The Hall–Kier alpha value is -2.34. The number of amides is 2. The third-order valence-corrected chi connectivity index (χ3v) is 5.12. The normalized spacial score (nSPS) is 17.1. The lowest BCUT2D eigenvalue weighted by Crippen LogP contribution is -2.47. The highest BCUT2D eigenvalue weighted by molar-refractivity contribution is 7.12. The number of urea groups is 1. The van der Waals surface area contributed by atoms with Crippen LogP contribution in [-0.4, -0.2) is 43.0 Å². The molecule has 2 aromatic rings. The number of hydrogen-bond donors (Lipinski definition) is 1. The van der Waals surface area contributed by atoms with Crippen LogP contribution >= 0.6 is 11.3 Å². The molecule has 1 fully saturated rings. The number of para-hydroxylation sites is 1. The van der Waals surface area contributed by atoms with Gasteiger partial charge in [-0.3, -0.25) is 4.79 Å². The zero-order chi connectivity index (χ0) is 17.5. The Morgan fingerprint density at radius 3 is 2.80 bits per heavy atom. The Kier molecular flexibility index (Phi) is 6.06. The van der Waals surface area contributed by atoms with Crippen LogP contribution in [0.2, 0.25) is 0 Å². The molecule has 0 saturated carbocycles. The van der Waals surface area contributed by atoms with E-state index in [1.165, 1.54) is 11.3 Å². The van der Waals surface area contributed by atoms with Crippen molar-refractivity contribution in [3.8, 4) is 5.75 Å². The summed E-state index contributed by atoms with van der Waals surface area (Å²) < 4.78 is 5.57. The highest BCUT2D eigenvalue weighted by Crippen LogP contribution is 2.23. The molecule has 1 saturated heterocycles. The van der Waals surface area contributed by atoms with Gasteiger partial charge in [0.25, 0.3) is 0 Å². The van der Waals surface area contributed by atoms with Gasteiger partial charge in [-0.15, -0.1) is 11.3 Å². The summed E-state index contributed by atoms with van der Waals surface area (Å²) in [5.41, 5.74) is 0. The standard InChI is InChI=1S/C19H22N2O3S/c22-18(17-9-5-13-25-17)15-6-4-11-21(14-15)19(23)20-10-12-24-16-7-2-1-3-8-16/h1-3,5,7-9,13,15H,4,6,10-12,14H2,(H,20,23). The van der Waals surface area contributed by atoms with Crippen LogP contribution in [-0.2, 0) is 0 Å². The van der Waals surface area contributed by atoms with Gasteiger partial charge in [0.1, 0.15) is 12.4 Å². The molecule has 132 valence electrons. The Bertz CT molecular complexity index is 688. The molecule has 0 bridgehead atoms. The van der Waals surface area contributed by atoms with Gasteiger partial charge in [0, 0.05) is 19.0 Å². The van der Waals surface area contributed by atoms with Gasteiger partial charge in [-0.1, -0.05) is 24.3 Å². The maximum Gasteiger partial charge on any atom is 0.317 e. The highest BCUT2D eigenvalue weighted by atomic mass is 32.1. The first-order chi connectivity index (χ1) is 12.2. The predicted molar refractivity (Wildman–Crippen MR) is 98.3 cm³/mol. The molecule has 0 aliphatic carbocycles. The van der Waals surface area contributed by atoms with Gasteiger partial charge in [0.2, 0.25) is 0 Å². The van der Waals surface area contributed by atoms with Gasteiger partial charge in [-0.25, -0.2) is 4.79 Å². The van der Waals surface area contributed by atoms with Crippen LogP contribution in [0.4, 0.5) is 4.79 Å². The van der Waals surface area contributed by atoms with Crippen molar-refractivity contribution in [3.63, 3.8) is 0 Å². The Morgan fingerprint density at radius 1 is 1.20 bits per heavy atom. The fraction of sp³-hybridized carbons (Fsp3) is 0.368. The molecular formula is C19H22N2O3S. The number of Topliss-reactive ketones (excluding diaryl/α,β-unsaturated/α-hetero) is 1. The van der Waals surface area contributed by atoms with Crippen LogP contribution in [0.1, 0.15) is 22.5 Å². The van der Waals surface area contributed by atoms with E-state index in [0.717, 1.165) is 23.5 Å². The van der Waals surface area contributed by atoms with Crippen LogP contribution in [0.3, 0.4) is 0 Å². The van der Waals surface area contributed by atoms with E-state index in [1.54, 1.807) is 4.90 Å². The number of rotatable bonds is 6. The lowest BCUT2D eigenvalue weighted by atomic mass is 9.93. The number of nitrogens with one attached hydrogen (secondary N) is 1. The monoisotopic (exact) mass is 358 g/mol. The van der Waals surface area contributed by atoms with Crippen LogP contribution in [0.5, 0.6) is 5.75 Å². The van der Waals surface area contributed by atoms with Crippen LogP contribution < -0.4 is 10.1 Å². The SMILES string of the molecule is O=C(c1cccs1)C1CCCN(C(=O)NCCOc2ccccc2)C1. The van der Waals surface area contributed by atoms with Gasteiger partial charge in [-0.2, -0.15) is 0 Å². The Morgan fingerprint density at radius 2 is 2.04 bits per heavy atom. The number of hydrogen-bond acceptors (Lipinski definition) is 4. The van der Waals surface area contributed by atoms with Crippen molar-refractivity contribution in [2.24, 2.45) is 5.92 Å². The minimum Gasteiger partial charge on any atom is -0.492 e. The molecule has 0 spiro atoms. The van der Waals surface area contributed by atoms with E-state index >= 15 is 0 Å². The second-order valence-corrected chi connectivity index (χ2v) is 6.97. The predicted octanol–water partition coefficient (Wildman–Crippen LogP) is 3.43. The number of ketones is 1. The minimum absolute atomic E-state index is 0.0984. The first-order valence-corrected chi connectivity index (χ1v) is 9.40. The van der Waals surface area contributed by atoms with Crippen molar-refractivity contribution in [2.45, 2.75) is 12.8 Å². The second-order valence-electron chi connectivity index (χ2n) is 6.02. The Balaban J connectivity index is 1.43. The number of ether oxygens (including phenoxy) is 1. The van der Waals surface area contributed by atoms with Gasteiger partial charge >= 0.3 is 6.03 Å². The fourth-order valence-corrected chi connectivity index (χ4v) is 3.69. The van der Waals surface area contributed by atoms with E-state index in [9.17, 15) is 9.59 Å². The molecule has 0 radical (unpaired) electrons. The molecule has 1 aromatic heterocycles. The molecule has 1 aliphatic rings. The average Bonchev–Trinajstić information content (AvgIpc) is 3.20. The maximum atomic E-state index is 12.5. The topological polar surface area (TPSA) is 58.6 Å². The smallest absolute Gasteiger partial charge is 0.317 e. The van der Waals surface area contributed by atoms with Crippen molar-refractivity contribution in [3.05, 3.63) is 52.7 Å². The molecular weight excluding hydrogens is 336 g/mol. The molecule has 2 heterocycles. The molecule has 1 unspecified atom stereocenters. The zero-order valence-corrected chi connectivity index (χ0v) is 14.8. The van der Waals surface area contributed by atoms with E-state index in [2.05, 4.69) is 5.32 Å². The van der Waals surface area contributed by atoms with E-state index in [1.807, 2.05) is 47.8 Å². The van der Waals surface area contributed by atoms with Crippen LogP contribution in [0.25, 0.3) is 0 Å². The van der Waals surface area contributed by atoms with Crippen LogP contribution in [0.15, 0.2) is 47.8 Å². The number of thiophene rings is 1. The van der Waals surface area contributed by atoms with Gasteiger partial charge in [-0.05, 0) is 36.4 Å². The number of nitrogens with zero attached hydrogens (tertiary/aromatic N) is 1. The fourth-order valence-electron chi connectivity index (χ4n) is 2.95. The number of benzene rings is 1. The van der Waals surface area contributed by atoms with E-state index < -0.39 is 0 Å². The Labute approximate surface area is 151 Å². The van der Waals surface area contributed by atoms with Crippen molar-refractivity contribution in [1.82, 2.24) is 10.2 Å². The van der Waals surface area contributed by atoms with Gasteiger partial charge in [0.05, 0.1) is 11.4 Å².